The van der Waals surface area contributed by atoms with Gasteiger partial charge in [-0.05, 0) is 19.4 Å². The molecule has 1 aromatic carbocycles. The second-order valence-electron chi connectivity index (χ2n) is 3.66. The van der Waals surface area contributed by atoms with Crippen LogP contribution in [0.2, 0.25) is 0 Å². The van der Waals surface area contributed by atoms with E-state index in [0.717, 1.165) is 12.2 Å². The fourth-order valence-electron chi connectivity index (χ4n) is 1.60. The Morgan fingerprint density at radius 2 is 2.14 bits per heavy atom. The van der Waals surface area contributed by atoms with Gasteiger partial charge in [-0.25, -0.2) is 4.98 Å². The van der Waals surface area contributed by atoms with E-state index in [1.807, 2.05) is 13.1 Å². The molecule has 0 saturated carbocycles. The van der Waals surface area contributed by atoms with Crippen LogP contribution in [0.25, 0.3) is 0 Å². The van der Waals surface area contributed by atoms with Crippen molar-refractivity contribution >= 4 is 0 Å². The summed E-state index contributed by atoms with van der Waals surface area (Å²) in [6, 6.07) is 8.55. The highest BCUT2D eigenvalue weighted by molar-refractivity contribution is 5.25. The first-order valence-electron chi connectivity index (χ1n) is 4.80. The monoisotopic (exact) mass is 186 g/mol. The fraction of sp³-hybridized carbons (Fsp3) is 0.250. The Hall–Kier alpha value is -1.57. The largest absolute Gasteiger partial charge is 0.346 e. The van der Waals surface area contributed by atoms with Crippen molar-refractivity contribution in [3.8, 4) is 0 Å². The van der Waals surface area contributed by atoms with Gasteiger partial charge in [-0.15, -0.1) is 0 Å². The van der Waals surface area contributed by atoms with Gasteiger partial charge in [-0.2, -0.15) is 0 Å². The maximum atomic E-state index is 4.18. The van der Waals surface area contributed by atoms with Gasteiger partial charge >= 0.3 is 0 Å². The van der Waals surface area contributed by atoms with Gasteiger partial charge in [0.05, 0.1) is 0 Å². The zero-order valence-corrected chi connectivity index (χ0v) is 8.54. The predicted molar refractivity (Wildman–Crippen MR) is 57.3 cm³/mol. The zero-order valence-electron chi connectivity index (χ0n) is 8.54. The number of benzene rings is 1. The van der Waals surface area contributed by atoms with Crippen LogP contribution < -0.4 is 0 Å². The molecule has 0 atom stereocenters. The van der Waals surface area contributed by atoms with Crippen molar-refractivity contribution in [3.05, 3.63) is 53.1 Å². The average Bonchev–Trinajstić information content (AvgIpc) is 2.51. The van der Waals surface area contributed by atoms with Gasteiger partial charge in [0.25, 0.3) is 0 Å². The number of nitrogens with zero attached hydrogens (tertiary/aromatic N) is 1. The average molecular weight is 186 g/mol. The van der Waals surface area contributed by atoms with E-state index in [4.69, 9.17) is 0 Å². The van der Waals surface area contributed by atoms with E-state index in [0.29, 0.717) is 0 Å². The number of aromatic amines is 1. The lowest BCUT2D eigenvalue weighted by Crippen LogP contribution is -1.88. The minimum Gasteiger partial charge on any atom is -0.346 e. The van der Waals surface area contributed by atoms with Gasteiger partial charge in [0.2, 0.25) is 0 Å². The lowest BCUT2D eigenvalue weighted by molar-refractivity contribution is 1.07. The molecule has 0 radical (unpaired) electrons. The molecule has 0 aliphatic carbocycles. The molecule has 0 aliphatic heterocycles. The van der Waals surface area contributed by atoms with E-state index in [-0.39, 0.29) is 0 Å². The summed E-state index contributed by atoms with van der Waals surface area (Å²) in [6.07, 6.45) is 2.83. The SMILES string of the molecule is Cc1cccc(Cc2cnc(C)[nH]2)c1. The number of H-pyrrole nitrogens is 1. The predicted octanol–water partition coefficient (Wildman–Crippen LogP) is 2.62. The number of imidazole rings is 1. The summed E-state index contributed by atoms with van der Waals surface area (Å²) in [5, 5.41) is 0. The number of nitrogens with one attached hydrogen (secondary N) is 1. The lowest BCUT2D eigenvalue weighted by Gasteiger charge is -1.99. The van der Waals surface area contributed by atoms with Crippen LogP contribution in [-0.4, -0.2) is 9.97 Å². The van der Waals surface area contributed by atoms with Crippen molar-refractivity contribution in [2.45, 2.75) is 20.3 Å². The van der Waals surface area contributed by atoms with Crippen LogP contribution in [-0.2, 0) is 6.42 Å². The molecule has 0 bridgehead atoms. The zero-order chi connectivity index (χ0) is 9.97. The summed E-state index contributed by atoms with van der Waals surface area (Å²) in [7, 11) is 0. The van der Waals surface area contributed by atoms with Crippen LogP contribution >= 0.6 is 0 Å². The lowest BCUT2D eigenvalue weighted by atomic mass is 10.1. The second kappa shape index (κ2) is 3.66. The first-order chi connectivity index (χ1) is 6.74. The highest BCUT2D eigenvalue weighted by Gasteiger charge is 1.98. The van der Waals surface area contributed by atoms with E-state index >= 15 is 0 Å². The highest BCUT2D eigenvalue weighted by atomic mass is 14.9. The normalized spacial score (nSPS) is 10.4. The molecule has 14 heavy (non-hydrogen) atoms. The summed E-state index contributed by atoms with van der Waals surface area (Å²) in [5.74, 6) is 0.979. The van der Waals surface area contributed by atoms with Gasteiger partial charge in [-0.1, -0.05) is 29.8 Å². The molecule has 2 aromatic rings. The quantitative estimate of drug-likeness (QED) is 0.767. The maximum Gasteiger partial charge on any atom is 0.103 e. The minimum absolute atomic E-state index is 0.933. The van der Waals surface area contributed by atoms with Gasteiger partial charge < -0.3 is 4.98 Å². The molecule has 2 nitrogen and oxygen atoms in total. The van der Waals surface area contributed by atoms with Crippen molar-refractivity contribution in [2.75, 3.05) is 0 Å². The molecule has 0 unspecified atom stereocenters. The Bertz CT molecular complexity index is 429. The molecular formula is C12H14N2. The molecule has 1 heterocycles. The van der Waals surface area contributed by atoms with E-state index in [1.54, 1.807) is 0 Å². The Kier molecular flexibility index (Phi) is 2.35. The molecule has 0 spiro atoms. The van der Waals surface area contributed by atoms with Crippen LogP contribution in [0.5, 0.6) is 0 Å². The Balaban J connectivity index is 2.18. The highest BCUT2D eigenvalue weighted by Crippen LogP contribution is 2.09. The van der Waals surface area contributed by atoms with Crippen LogP contribution in [0.15, 0.2) is 30.5 Å². The third kappa shape index (κ3) is 2.02. The molecule has 0 saturated heterocycles. The smallest absolute Gasteiger partial charge is 0.103 e. The van der Waals surface area contributed by atoms with Gasteiger partial charge in [0.15, 0.2) is 0 Å². The third-order valence-corrected chi connectivity index (χ3v) is 2.23. The maximum absolute atomic E-state index is 4.18. The number of aryl methyl sites for hydroxylation is 2. The first-order valence-corrected chi connectivity index (χ1v) is 4.80. The molecule has 2 rings (SSSR count). The van der Waals surface area contributed by atoms with Crippen molar-refractivity contribution < 1.29 is 0 Å². The second-order valence-corrected chi connectivity index (χ2v) is 3.66. The van der Waals surface area contributed by atoms with Crippen molar-refractivity contribution in [3.63, 3.8) is 0 Å². The van der Waals surface area contributed by atoms with Crippen LogP contribution in [0.4, 0.5) is 0 Å². The van der Waals surface area contributed by atoms with Crippen molar-refractivity contribution in [2.24, 2.45) is 0 Å². The number of hydrogen-bond donors (Lipinski definition) is 1. The molecule has 72 valence electrons. The number of hydrogen-bond acceptors (Lipinski definition) is 1. The minimum atomic E-state index is 0.933. The standard InChI is InChI=1S/C12H14N2/c1-9-4-3-5-11(6-9)7-12-8-13-10(2)14-12/h3-6,8H,7H2,1-2H3,(H,13,14). The van der Waals surface area contributed by atoms with E-state index in [2.05, 4.69) is 41.2 Å². The Morgan fingerprint density at radius 3 is 2.79 bits per heavy atom. The topological polar surface area (TPSA) is 28.7 Å². The van der Waals surface area contributed by atoms with Crippen LogP contribution in [0.3, 0.4) is 0 Å². The number of aromatic nitrogens is 2. The summed E-state index contributed by atoms with van der Waals surface area (Å²) < 4.78 is 0. The van der Waals surface area contributed by atoms with Crippen LogP contribution in [0, 0.1) is 13.8 Å². The summed E-state index contributed by atoms with van der Waals surface area (Å²) in [6.45, 7) is 4.08. The van der Waals surface area contributed by atoms with E-state index < -0.39 is 0 Å². The van der Waals surface area contributed by atoms with Gasteiger partial charge in [0.1, 0.15) is 5.82 Å². The molecule has 1 N–H and O–H groups in total. The van der Waals surface area contributed by atoms with Gasteiger partial charge in [0, 0.05) is 18.3 Å². The van der Waals surface area contributed by atoms with Gasteiger partial charge in [-0.3, -0.25) is 0 Å². The van der Waals surface area contributed by atoms with Crippen molar-refractivity contribution in [1.29, 1.82) is 0 Å². The molecule has 0 amide bonds. The fourth-order valence-corrected chi connectivity index (χ4v) is 1.60. The summed E-state index contributed by atoms with van der Waals surface area (Å²) in [5.41, 5.74) is 3.81. The first kappa shape index (κ1) is 9.00. The molecule has 1 aromatic heterocycles. The van der Waals surface area contributed by atoms with E-state index in [1.165, 1.54) is 16.8 Å². The van der Waals surface area contributed by atoms with Crippen LogP contribution in [0.1, 0.15) is 22.6 Å². The Morgan fingerprint density at radius 1 is 1.29 bits per heavy atom. The molecule has 0 fully saturated rings. The molecular weight excluding hydrogens is 172 g/mol. The number of rotatable bonds is 2. The van der Waals surface area contributed by atoms with Crippen molar-refractivity contribution in [1.82, 2.24) is 9.97 Å². The molecule has 0 aliphatic rings. The molecule has 2 heteroatoms. The van der Waals surface area contributed by atoms with E-state index in [9.17, 15) is 0 Å². The Labute approximate surface area is 84.0 Å². The summed E-state index contributed by atoms with van der Waals surface area (Å²) in [4.78, 5) is 7.41. The summed E-state index contributed by atoms with van der Waals surface area (Å²) >= 11 is 0. The third-order valence-electron chi connectivity index (χ3n) is 2.23.